The van der Waals surface area contributed by atoms with E-state index in [9.17, 15) is 4.79 Å². The van der Waals surface area contributed by atoms with Crippen LogP contribution in [-0.4, -0.2) is 27.2 Å². The van der Waals surface area contributed by atoms with E-state index in [1.807, 2.05) is 36.4 Å². The Bertz CT molecular complexity index is 890. The van der Waals surface area contributed by atoms with Crippen LogP contribution in [0.3, 0.4) is 0 Å². The zero-order valence-corrected chi connectivity index (χ0v) is 15.5. The van der Waals surface area contributed by atoms with Gasteiger partial charge < -0.3 is 23.5 Å². The number of rotatable bonds is 7. The number of methoxy groups -OCH3 is 3. The van der Waals surface area contributed by atoms with E-state index in [1.165, 1.54) is 21.3 Å². The maximum absolute atomic E-state index is 13.4. The second-order valence-electron chi connectivity index (χ2n) is 5.71. The van der Waals surface area contributed by atoms with Gasteiger partial charge in [-0.15, -0.1) is 0 Å². The van der Waals surface area contributed by atoms with Crippen LogP contribution >= 0.6 is 0 Å². The Labute approximate surface area is 157 Å². The first-order valence-corrected chi connectivity index (χ1v) is 8.37. The number of nitrogens with zero attached hydrogens (tertiary/aromatic N) is 1. The molecule has 0 aliphatic rings. The van der Waals surface area contributed by atoms with Crippen LogP contribution in [0.1, 0.15) is 16.1 Å². The lowest BCUT2D eigenvalue weighted by atomic mass is 10.1. The zero-order chi connectivity index (χ0) is 19.2. The van der Waals surface area contributed by atoms with Gasteiger partial charge in [-0.2, -0.15) is 0 Å². The van der Waals surface area contributed by atoms with Gasteiger partial charge in [0.2, 0.25) is 0 Å². The number of amides is 1. The molecule has 1 heterocycles. The fourth-order valence-electron chi connectivity index (χ4n) is 2.79. The Balaban J connectivity index is 2.06. The molecule has 6 heteroatoms. The predicted octanol–water partition coefficient (Wildman–Crippen LogP) is 4.15. The zero-order valence-electron chi connectivity index (χ0n) is 15.5. The summed E-state index contributed by atoms with van der Waals surface area (Å²) in [6, 6.07) is 16.3. The summed E-state index contributed by atoms with van der Waals surface area (Å²) in [7, 11) is 4.57. The highest BCUT2D eigenvalue weighted by molar-refractivity contribution is 6.08. The fourth-order valence-corrected chi connectivity index (χ4v) is 2.79. The number of hydrogen-bond acceptors (Lipinski definition) is 5. The molecule has 2 aromatic carbocycles. The Morgan fingerprint density at radius 1 is 0.889 bits per heavy atom. The van der Waals surface area contributed by atoms with Gasteiger partial charge >= 0.3 is 0 Å². The standard InChI is InChI=1S/C21H21NO5/c1-24-18-13-20(26-3)19(25-2)12-17(18)21(23)22(14-16-10-7-11-27-16)15-8-5-4-6-9-15/h4-13H,14H2,1-3H3. The molecule has 0 bridgehead atoms. The number of benzene rings is 2. The molecule has 0 saturated heterocycles. The number of para-hydroxylation sites is 1. The summed E-state index contributed by atoms with van der Waals surface area (Å²) in [4.78, 5) is 15.1. The van der Waals surface area contributed by atoms with Gasteiger partial charge in [0.05, 0.1) is 39.7 Å². The van der Waals surface area contributed by atoms with E-state index >= 15 is 0 Å². The minimum Gasteiger partial charge on any atom is -0.496 e. The molecule has 0 fully saturated rings. The first-order valence-electron chi connectivity index (χ1n) is 8.37. The quantitative estimate of drug-likeness (QED) is 0.628. The minimum absolute atomic E-state index is 0.240. The number of anilines is 1. The number of carbonyl (C=O) groups is 1. The average molecular weight is 367 g/mol. The molecule has 0 atom stereocenters. The summed E-state index contributed by atoms with van der Waals surface area (Å²) < 4.78 is 21.5. The highest BCUT2D eigenvalue weighted by Gasteiger charge is 2.24. The topological polar surface area (TPSA) is 61.1 Å². The largest absolute Gasteiger partial charge is 0.496 e. The van der Waals surface area contributed by atoms with Crippen molar-refractivity contribution in [3.63, 3.8) is 0 Å². The third-order valence-corrected chi connectivity index (χ3v) is 4.14. The highest BCUT2D eigenvalue weighted by Crippen LogP contribution is 2.36. The van der Waals surface area contributed by atoms with Gasteiger partial charge in [-0.3, -0.25) is 4.79 Å². The van der Waals surface area contributed by atoms with Gasteiger partial charge in [-0.25, -0.2) is 0 Å². The van der Waals surface area contributed by atoms with Gasteiger partial charge in [0.15, 0.2) is 11.5 Å². The first kappa shape index (κ1) is 18.4. The maximum Gasteiger partial charge on any atom is 0.262 e. The van der Waals surface area contributed by atoms with Crippen molar-refractivity contribution in [2.45, 2.75) is 6.54 Å². The van der Waals surface area contributed by atoms with E-state index in [0.29, 0.717) is 28.6 Å². The predicted molar refractivity (Wildman–Crippen MR) is 102 cm³/mol. The van der Waals surface area contributed by atoms with Crippen LogP contribution in [0.5, 0.6) is 17.2 Å². The molecular formula is C21H21NO5. The number of carbonyl (C=O) groups excluding carboxylic acids is 1. The van der Waals surface area contributed by atoms with E-state index in [-0.39, 0.29) is 12.5 Å². The van der Waals surface area contributed by atoms with Crippen molar-refractivity contribution in [1.29, 1.82) is 0 Å². The minimum atomic E-state index is -0.240. The van der Waals surface area contributed by atoms with Crippen molar-refractivity contribution >= 4 is 11.6 Å². The molecule has 3 aromatic rings. The fraction of sp³-hybridized carbons (Fsp3) is 0.190. The van der Waals surface area contributed by atoms with E-state index in [0.717, 1.165) is 5.69 Å². The lowest BCUT2D eigenvalue weighted by molar-refractivity contribution is 0.0980. The van der Waals surface area contributed by atoms with Crippen LogP contribution in [0.25, 0.3) is 0 Å². The molecular weight excluding hydrogens is 346 g/mol. The SMILES string of the molecule is COc1cc(OC)c(C(=O)N(Cc2ccco2)c2ccccc2)cc1OC. The van der Waals surface area contributed by atoms with E-state index < -0.39 is 0 Å². The summed E-state index contributed by atoms with van der Waals surface area (Å²) in [5.41, 5.74) is 1.11. The van der Waals surface area contributed by atoms with Crippen LogP contribution in [-0.2, 0) is 6.54 Å². The third-order valence-electron chi connectivity index (χ3n) is 4.14. The molecule has 3 rings (SSSR count). The van der Waals surface area contributed by atoms with Crippen LogP contribution < -0.4 is 19.1 Å². The molecule has 0 radical (unpaired) electrons. The second-order valence-corrected chi connectivity index (χ2v) is 5.71. The Morgan fingerprint density at radius 2 is 1.56 bits per heavy atom. The van der Waals surface area contributed by atoms with Crippen LogP contribution in [0.15, 0.2) is 65.3 Å². The van der Waals surface area contributed by atoms with Crippen molar-refractivity contribution in [1.82, 2.24) is 0 Å². The van der Waals surface area contributed by atoms with E-state index in [4.69, 9.17) is 18.6 Å². The van der Waals surface area contributed by atoms with Crippen molar-refractivity contribution in [2.75, 3.05) is 26.2 Å². The lowest BCUT2D eigenvalue weighted by Crippen LogP contribution is -2.30. The van der Waals surface area contributed by atoms with Crippen molar-refractivity contribution < 1.29 is 23.4 Å². The van der Waals surface area contributed by atoms with Crippen LogP contribution in [0, 0.1) is 0 Å². The second kappa shape index (κ2) is 8.31. The Hall–Kier alpha value is -3.41. The van der Waals surface area contributed by atoms with Crippen molar-refractivity contribution in [3.05, 3.63) is 72.2 Å². The molecule has 6 nitrogen and oxygen atoms in total. The monoisotopic (exact) mass is 367 g/mol. The highest BCUT2D eigenvalue weighted by atomic mass is 16.5. The van der Waals surface area contributed by atoms with Gasteiger partial charge in [0.25, 0.3) is 5.91 Å². The van der Waals surface area contributed by atoms with Gasteiger partial charge in [0.1, 0.15) is 11.5 Å². The van der Waals surface area contributed by atoms with Gasteiger partial charge in [-0.05, 0) is 24.3 Å². The van der Waals surface area contributed by atoms with Crippen molar-refractivity contribution in [2.24, 2.45) is 0 Å². The van der Waals surface area contributed by atoms with Crippen LogP contribution in [0.2, 0.25) is 0 Å². The number of hydrogen-bond donors (Lipinski definition) is 0. The van der Waals surface area contributed by atoms with E-state index in [2.05, 4.69) is 0 Å². The summed E-state index contributed by atoms with van der Waals surface area (Å²) in [6.45, 7) is 0.285. The van der Waals surface area contributed by atoms with Crippen molar-refractivity contribution in [3.8, 4) is 17.2 Å². The molecule has 0 aliphatic heterocycles. The third kappa shape index (κ3) is 3.89. The number of ether oxygens (including phenoxy) is 3. The molecule has 0 spiro atoms. The van der Waals surface area contributed by atoms with E-state index in [1.54, 1.807) is 29.4 Å². The molecule has 1 amide bonds. The summed E-state index contributed by atoms with van der Waals surface area (Å²) in [6.07, 6.45) is 1.58. The van der Waals surface area contributed by atoms with Gasteiger partial charge in [-0.1, -0.05) is 18.2 Å². The smallest absolute Gasteiger partial charge is 0.262 e. The van der Waals surface area contributed by atoms with Crippen LogP contribution in [0.4, 0.5) is 5.69 Å². The Morgan fingerprint density at radius 3 is 2.15 bits per heavy atom. The first-order chi connectivity index (χ1) is 13.2. The summed E-state index contributed by atoms with van der Waals surface area (Å²) >= 11 is 0. The van der Waals surface area contributed by atoms with Gasteiger partial charge in [0, 0.05) is 17.8 Å². The molecule has 0 aliphatic carbocycles. The molecule has 27 heavy (non-hydrogen) atoms. The maximum atomic E-state index is 13.4. The Kier molecular flexibility index (Phi) is 5.66. The average Bonchev–Trinajstić information content (AvgIpc) is 3.24. The number of furan rings is 1. The lowest BCUT2D eigenvalue weighted by Gasteiger charge is -2.23. The molecule has 0 unspecified atom stereocenters. The summed E-state index contributed by atoms with van der Waals surface area (Å²) in [5.74, 6) is 1.77. The normalized spacial score (nSPS) is 10.3. The molecule has 0 N–H and O–H groups in total. The molecule has 1 aromatic heterocycles. The molecule has 0 saturated carbocycles. The molecule has 140 valence electrons. The summed E-state index contributed by atoms with van der Waals surface area (Å²) in [5, 5.41) is 0.